The minimum absolute atomic E-state index is 0.00639. The Kier molecular flexibility index (Phi) is 31.1. The molecule has 0 saturated heterocycles. The van der Waals surface area contributed by atoms with E-state index in [0.717, 1.165) is 16.4 Å². The van der Waals surface area contributed by atoms with Crippen LogP contribution in [0, 0.1) is 34.0 Å². The number of hydrogen-bond donors (Lipinski definition) is 5. The molecule has 0 spiro atoms. The van der Waals surface area contributed by atoms with Gasteiger partial charge in [0.05, 0.1) is 27.2 Å². The molecule has 2 aromatic rings. The van der Waals surface area contributed by atoms with E-state index < -0.39 is 41.0 Å². The first-order valence-corrected chi connectivity index (χ1v) is 23.5. The number of carboxylic acid groups (broad SMARTS) is 3. The van der Waals surface area contributed by atoms with Crippen LogP contribution >= 0.6 is 69.0 Å². The number of benzene rings is 2. The molecule has 0 aliphatic carbocycles. The van der Waals surface area contributed by atoms with Crippen molar-refractivity contribution in [2.24, 2.45) is 5.73 Å². The Labute approximate surface area is 346 Å². The number of nitriles is 3. The maximum Gasteiger partial charge on any atom is 0.303 e. The van der Waals surface area contributed by atoms with Crippen LogP contribution in [0.2, 0.25) is 0 Å². The SMILES string of the molecule is CC(C#N)(CCC(=O)O)SC(=S)c1ccccc1.CC(S)(C#N)CCC(=O)O.CSS(C)(=O)=O.CSSC(C)(C#N)CCC(=O)O.NCc1ccccc1. The van der Waals surface area contributed by atoms with Crippen molar-refractivity contribution in [2.45, 2.75) is 80.1 Å². The Morgan fingerprint density at radius 2 is 1.17 bits per heavy atom. The molecule has 0 amide bonds. The molecule has 2 aromatic carbocycles. The Bertz CT molecular complexity index is 1660. The normalized spacial score (nSPS) is 13.2. The predicted molar refractivity (Wildman–Crippen MR) is 231 cm³/mol. The summed E-state index contributed by atoms with van der Waals surface area (Å²) in [5.74, 6) is -2.64. The van der Waals surface area contributed by atoms with Crippen LogP contribution in [0.5, 0.6) is 0 Å². The van der Waals surface area contributed by atoms with Gasteiger partial charge in [0.25, 0.3) is 0 Å². The fraction of sp³-hybridized carbons (Fsp3) is 0.457. The number of nitrogens with zero attached hydrogens (tertiary/aromatic N) is 3. The molecule has 5 N–H and O–H groups in total. The van der Waals surface area contributed by atoms with Gasteiger partial charge in [-0.2, -0.15) is 28.4 Å². The topological polar surface area (TPSA) is 243 Å². The minimum Gasteiger partial charge on any atom is -0.481 e. The zero-order chi connectivity index (χ0) is 42.4. The van der Waals surface area contributed by atoms with Crippen molar-refractivity contribution in [1.82, 2.24) is 0 Å². The van der Waals surface area contributed by atoms with Crippen molar-refractivity contribution in [3.05, 3.63) is 71.8 Å². The molecule has 0 fully saturated rings. The molecule has 0 heterocycles. The third-order valence-corrected chi connectivity index (χ3v) is 13.0. The van der Waals surface area contributed by atoms with Gasteiger partial charge in [-0.25, -0.2) is 8.42 Å². The number of carboxylic acids is 3. The molecule has 3 atom stereocenters. The van der Waals surface area contributed by atoms with Gasteiger partial charge in [0.2, 0.25) is 0 Å². The summed E-state index contributed by atoms with van der Waals surface area (Å²) in [4.78, 5) is 30.8. The number of rotatable bonds is 15. The van der Waals surface area contributed by atoms with Gasteiger partial charge in [0.15, 0.2) is 8.87 Å². The largest absolute Gasteiger partial charge is 0.481 e. The molecular formula is C35H48N4O8S7. The summed E-state index contributed by atoms with van der Waals surface area (Å²) in [5, 5.41) is 51.6. The highest BCUT2D eigenvalue weighted by atomic mass is 33.1. The fourth-order valence-electron chi connectivity index (χ4n) is 2.98. The van der Waals surface area contributed by atoms with Crippen molar-refractivity contribution in [3.63, 3.8) is 0 Å². The lowest BCUT2D eigenvalue weighted by molar-refractivity contribution is -0.138. The van der Waals surface area contributed by atoms with Crippen LogP contribution < -0.4 is 5.73 Å². The van der Waals surface area contributed by atoms with Crippen LogP contribution in [0.15, 0.2) is 60.7 Å². The average molecular weight is 877 g/mol. The van der Waals surface area contributed by atoms with E-state index in [1.807, 2.05) is 73.0 Å². The van der Waals surface area contributed by atoms with Crippen molar-refractivity contribution in [2.75, 3.05) is 18.8 Å². The Balaban J connectivity index is -0.000000635. The second kappa shape index (κ2) is 30.3. The van der Waals surface area contributed by atoms with E-state index in [1.54, 1.807) is 20.8 Å². The molecule has 19 heteroatoms. The molecule has 0 radical (unpaired) electrons. The minimum atomic E-state index is -2.75. The second-order valence-electron chi connectivity index (χ2n) is 11.3. The molecule has 0 saturated carbocycles. The molecule has 298 valence electrons. The highest BCUT2D eigenvalue weighted by molar-refractivity contribution is 8.77. The summed E-state index contributed by atoms with van der Waals surface area (Å²) in [6.07, 6.45) is 5.55. The van der Waals surface area contributed by atoms with E-state index in [0.29, 0.717) is 17.2 Å². The Morgan fingerprint density at radius 1 is 0.778 bits per heavy atom. The van der Waals surface area contributed by atoms with Crippen molar-refractivity contribution < 1.29 is 38.1 Å². The van der Waals surface area contributed by atoms with Crippen molar-refractivity contribution >= 4 is 100.0 Å². The summed E-state index contributed by atoms with van der Waals surface area (Å²) in [7, 11) is 1.01. The smallest absolute Gasteiger partial charge is 0.303 e. The number of hydrogen-bond acceptors (Lipinski definition) is 15. The van der Waals surface area contributed by atoms with E-state index in [9.17, 15) is 28.1 Å². The van der Waals surface area contributed by atoms with Crippen LogP contribution in [-0.4, -0.2) is 78.9 Å². The lowest BCUT2D eigenvalue weighted by atomic mass is 10.1. The first-order valence-electron chi connectivity index (χ1n) is 15.6. The second-order valence-corrected chi connectivity index (χ2v) is 21.9. The van der Waals surface area contributed by atoms with Gasteiger partial charge in [0, 0.05) is 32.1 Å². The number of carbonyl (C=O) groups is 3. The molecule has 54 heavy (non-hydrogen) atoms. The lowest BCUT2D eigenvalue weighted by Crippen LogP contribution is -2.21. The van der Waals surface area contributed by atoms with Crippen molar-refractivity contribution in [3.8, 4) is 18.2 Å². The van der Waals surface area contributed by atoms with Gasteiger partial charge in [-0.3, -0.25) is 14.4 Å². The van der Waals surface area contributed by atoms with Gasteiger partial charge in [-0.05, 0) is 74.5 Å². The van der Waals surface area contributed by atoms with E-state index in [1.165, 1.54) is 51.4 Å². The molecule has 0 bridgehead atoms. The molecule has 0 aromatic heterocycles. The number of thiol groups is 1. The third-order valence-electron chi connectivity index (χ3n) is 6.15. The standard InChI is InChI=1S/C13H13NO2S2.C7H11NO2S2.C7H9N.C6H9NO2S.C2H6O2S2/c1-13(9-14,8-7-11(15)16)18-12(17)10-5-3-2-4-6-10;1-7(5-8,12-11-2)4-3-6(9)10;8-6-7-4-2-1-3-5-7;1-6(10,4-7)3-2-5(8)9;1-5-6(2,3)4/h2-6H,7-8H2,1H3,(H,15,16);3-4H2,1-2H3,(H,9,10);1-5H,6,8H2;10H,2-3H2,1H3,(H,8,9);1-2H3. The Morgan fingerprint density at radius 3 is 1.48 bits per heavy atom. The zero-order valence-electron chi connectivity index (χ0n) is 30.9. The number of nitrogens with two attached hydrogens (primary N) is 1. The van der Waals surface area contributed by atoms with Gasteiger partial charge in [-0.1, -0.05) is 106 Å². The third kappa shape index (κ3) is 33.6. The van der Waals surface area contributed by atoms with Gasteiger partial charge in [-0.15, -0.1) is 0 Å². The molecule has 0 aliphatic heterocycles. The predicted octanol–water partition coefficient (Wildman–Crippen LogP) is 7.90. The fourth-order valence-corrected chi connectivity index (χ4v) is 6.75. The van der Waals surface area contributed by atoms with Crippen LogP contribution in [0.3, 0.4) is 0 Å². The molecule has 0 aliphatic rings. The van der Waals surface area contributed by atoms with E-state index in [2.05, 4.69) is 24.8 Å². The summed E-state index contributed by atoms with van der Waals surface area (Å²) in [5.41, 5.74) is 7.42. The first-order chi connectivity index (χ1) is 25.0. The Hall–Kier alpha value is -2.93. The molecule has 2 rings (SSSR count). The summed E-state index contributed by atoms with van der Waals surface area (Å²) in [6, 6.07) is 25.6. The van der Waals surface area contributed by atoms with E-state index >= 15 is 0 Å². The van der Waals surface area contributed by atoms with E-state index in [4.69, 9.17) is 43.8 Å². The molecular weight excluding hydrogens is 829 g/mol. The van der Waals surface area contributed by atoms with Crippen LogP contribution in [0.4, 0.5) is 0 Å². The van der Waals surface area contributed by atoms with Crippen LogP contribution in [0.25, 0.3) is 0 Å². The van der Waals surface area contributed by atoms with Gasteiger partial charge in [0.1, 0.15) is 9.49 Å². The zero-order valence-corrected chi connectivity index (χ0v) is 36.7. The maximum absolute atomic E-state index is 10.6. The monoisotopic (exact) mass is 876 g/mol. The van der Waals surface area contributed by atoms with Crippen LogP contribution in [0.1, 0.15) is 70.4 Å². The molecule has 3 unspecified atom stereocenters. The summed E-state index contributed by atoms with van der Waals surface area (Å²) >= 11 is 10.5. The van der Waals surface area contributed by atoms with Gasteiger partial charge >= 0.3 is 17.9 Å². The highest BCUT2D eigenvalue weighted by Gasteiger charge is 2.28. The number of aliphatic carboxylic acids is 3. The molecule has 12 nitrogen and oxygen atoms in total. The van der Waals surface area contributed by atoms with Crippen molar-refractivity contribution in [1.29, 1.82) is 15.8 Å². The highest BCUT2D eigenvalue weighted by Crippen LogP contribution is 2.37. The first kappa shape index (κ1) is 55.4. The maximum atomic E-state index is 10.6. The number of thiocarbonyl (C=S) groups is 1. The summed E-state index contributed by atoms with van der Waals surface area (Å²) < 4.78 is 18.4. The van der Waals surface area contributed by atoms with Crippen LogP contribution in [-0.2, 0) is 29.8 Å². The van der Waals surface area contributed by atoms with E-state index in [-0.39, 0.29) is 32.1 Å². The lowest BCUT2D eigenvalue weighted by Gasteiger charge is -2.20. The average Bonchev–Trinajstić information content (AvgIpc) is 3.14. The summed E-state index contributed by atoms with van der Waals surface area (Å²) in [6.45, 7) is 5.72. The van der Waals surface area contributed by atoms with Gasteiger partial charge < -0.3 is 21.1 Å². The quantitative estimate of drug-likeness (QED) is 0.0648. The number of thioether (sulfide) groups is 1.